The highest BCUT2D eigenvalue weighted by Crippen LogP contribution is 2.72. The zero-order valence-corrected chi connectivity index (χ0v) is 62.2. The van der Waals surface area contributed by atoms with Crippen molar-refractivity contribution >= 4 is 82.3 Å². The standard InChI is InChI=1S/C73H106F2N6O25S/c1-7-9-61-105-58-34-48-49-33-51(74)50-32-46(83)17-19-70(50,4)72(49,75)56(88)36-71(48,5)73(58,106-61)57(89)40-104-69(98)103-39-42-11-14-45(15-12-42)79-65(94)43(10-8-20-77-68(76)97)31-52(85)62(41(2)3)80-66(95)44(13-16-59(90)78-37-53(86)63(92)64(93)54(87)38-82)30-47(84)18-22-99-24-26-101-28-29-102-27-25-100-23-21-81-60(91)35-55(107-6)67(81)96/h11-12,14-15,17,19,32,41,43-44,48-49,51,53-56,58,61-64,82,86-88,92-93H,7-10,13,16,18,20-31,33-40H2,1-6H3,(H,78,90)(H,79,94)(H,80,95)(H3,76,77,97)/t43-,44+,48+,49+,51+,53+,54-,55?,56+,58-,61?,62+,63-,64-,70+,71+,72+,73-/m1/s1. The van der Waals surface area contributed by atoms with Gasteiger partial charge in [-0.3, -0.25) is 48.1 Å². The van der Waals surface area contributed by atoms with Crippen molar-refractivity contribution < 1.29 is 130 Å². The molecule has 2 heterocycles. The smallest absolute Gasteiger partial charge is 0.429 e. The molecule has 0 radical (unpaired) electrons. The van der Waals surface area contributed by atoms with E-state index in [0.717, 1.165) is 6.08 Å². The number of aliphatic hydroxyl groups is 6. The van der Waals surface area contributed by atoms with Crippen LogP contribution in [0.25, 0.3) is 0 Å². The molecule has 12 N–H and O–H groups in total. The third-order valence-electron chi connectivity index (χ3n) is 21.4. The Balaban J connectivity index is 0.911. The van der Waals surface area contributed by atoms with Gasteiger partial charge in [0, 0.05) is 79.5 Å². The van der Waals surface area contributed by atoms with Crippen LogP contribution in [0.5, 0.6) is 0 Å². The number of thioether (sulfide) groups is 1. The molecule has 6 aliphatic rings. The van der Waals surface area contributed by atoms with Gasteiger partial charge in [0.15, 0.2) is 35.7 Å². The fraction of sp³-hybridized carbons (Fsp3) is 0.712. The molecule has 2 unspecified atom stereocenters. The number of primary amides is 1. The molecular formula is C73H106F2N6O25S. The first kappa shape index (κ1) is 87.4. The van der Waals surface area contributed by atoms with Gasteiger partial charge in [0.2, 0.25) is 35.3 Å². The van der Waals surface area contributed by atoms with E-state index in [2.05, 4.69) is 21.3 Å². The minimum Gasteiger partial charge on any atom is -0.429 e. The van der Waals surface area contributed by atoms with Crippen molar-refractivity contribution in [2.45, 2.75) is 196 Å². The number of benzene rings is 1. The van der Waals surface area contributed by atoms with Gasteiger partial charge in [0.1, 0.15) is 36.9 Å². The number of carbonyl (C=O) groups excluding carboxylic acids is 11. The van der Waals surface area contributed by atoms with Crippen LogP contribution in [0.4, 0.5) is 24.1 Å². The molecule has 3 saturated carbocycles. The van der Waals surface area contributed by atoms with Gasteiger partial charge in [-0.1, -0.05) is 52.3 Å². The lowest BCUT2D eigenvalue weighted by molar-refractivity contribution is -0.234. The van der Waals surface area contributed by atoms with E-state index in [4.69, 9.17) is 48.7 Å². The number of allylic oxidation sites excluding steroid dienone is 4. The topological polar surface area (TPSA) is 460 Å². The fourth-order valence-corrected chi connectivity index (χ4v) is 16.2. The number of fused-ring (bicyclic) bond motifs is 7. The molecule has 1 aromatic carbocycles. The van der Waals surface area contributed by atoms with Crippen molar-refractivity contribution in [3.63, 3.8) is 0 Å². The number of hydrogen-bond donors (Lipinski definition) is 11. The summed E-state index contributed by atoms with van der Waals surface area (Å²) >= 11 is 1.33. The van der Waals surface area contributed by atoms with Gasteiger partial charge in [0.25, 0.3) is 0 Å². The Labute approximate surface area is 624 Å². The summed E-state index contributed by atoms with van der Waals surface area (Å²) in [5.41, 5.74) is -1.42. The predicted molar refractivity (Wildman–Crippen MR) is 377 cm³/mol. The highest BCUT2D eigenvalue weighted by Gasteiger charge is 2.80. The van der Waals surface area contributed by atoms with E-state index in [-0.39, 0.29) is 152 Å². The Kier molecular flexibility index (Phi) is 32.9. The van der Waals surface area contributed by atoms with Crippen LogP contribution in [0.1, 0.15) is 124 Å². The van der Waals surface area contributed by atoms with Gasteiger partial charge in [-0.2, -0.15) is 11.8 Å². The molecule has 2 saturated heterocycles. The number of likely N-dealkylation sites (tertiary alicyclic amines) is 1. The molecular weight excluding hydrogens is 1430 g/mol. The SMILES string of the molecule is CCCC1O[C@@H]2C[C@H]3[C@@H]4C[C@H](F)C5=CC(=O)C=C[C@]5(C)[C@@]4(F)[C@@H](O)C[C@]3(C)[C@]2(C(=O)COC(=O)OCc2ccc(NC(=O)[C@H](CCCNC(N)=O)CC(=O)[C@@H](NC(=O)[C@@H](CCC(=O)NC[C@H](O)[C@@H](O)[C@H](O)[C@H](O)CO)CC(=O)CCOCCOCCOCCOCCN3C(=O)CC(SC)C3=O)C(C)C)cc2)O1. The Hall–Kier alpha value is -6.80. The first-order valence-corrected chi connectivity index (χ1v) is 37.8. The monoisotopic (exact) mass is 1540 g/mol. The fourth-order valence-electron chi connectivity index (χ4n) is 15.6. The van der Waals surface area contributed by atoms with Crippen molar-refractivity contribution in [2.75, 3.05) is 97.3 Å². The lowest BCUT2D eigenvalue weighted by Crippen LogP contribution is -2.71. The molecule has 1 aromatic rings. The van der Waals surface area contributed by atoms with Gasteiger partial charge >= 0.3 is 12.2 Å². The zero-order chi connectivity index (χ0) is 78.6. The maximum absolute atomic E-state index is 18.0. The maximum atomic E-state index is 18.0. The lowest BCUT2D eigenvalue weighted by Gasteiger charge is -2.63. The number of Topliss-reactive ketones (excluding diaryl/α,β-unsaturated/α-hetero) is 3. The maximum Gasteiger partial charge on any atom is 0.509 e. The second-order valence-electron chi connectivity index (χ2n) is 28.9. The number of urea groups is 1. The largest absolute Gasteiger partial charge is 0.509 e. The van der Waals surface area contributed by atoms with Gasteiger partial charge in [-0.15, -0.1) is 0 Å². The van der Waals surface area contributed by atoms with Crippen LogP contribution in [0.2, 0.25) is 0 Å². The van der Waals surface area contributed by atoms with Crippen LogP contribution in [-0.2, 0) is 87.7 Å². The number of alkyl halides is 2. The average molecular weight is 1540 g/mol. The zero-order valence-electron chi connectivity index (χ0n) is 61.4. The number of nitrogens with two attached hydrogens (primary N) is 1. The summed E-state index contributed by atoms with van der Waals surface area (Å²) in [5, 5.41) is 71.4. The summed E-state index contributed by atoms with van der Waals surface area (Å²) < 4.78 is 80.0. The number of nitrogens with one attached hydrogen (secondary N) is 4. The Morgan fingerprint density at radius 3 is 2.08 bits per heavy atom. The molecule has 2 aliphatic heterocycles. The number of halogens is 2. The summed E-state index contributed by atoms with van der Waals surface area (Å²) in [6.07, 6.45) is -9.71. The van der Waals surface area contributed by atoms with Crippen LogP contribution in [0, 0.1) is 40.4 Å². The molecule has 34 heteroatoms. The summed E-state index contributed by atoms with van der Waals surface area (Å²) in [6.45, 7) is 6.95. The molecule has 5 fully saturated rings. The third kappa shape index (κ3) is 21.6. The summed E-state index contributed by atoms with van der Waals surface area (Å²) in [6, 6.07) is 3.92. The molecule has 31 nitrogen and oxygen atoms in total. The van der Waals surface area contributed by atoms with Crippen molar-refractivity contribution in [3.8, 4) is 0 Å². The Morgan fingerprint density at radius 2 is 1.46 bits per heavy atom. The molecule has 18 atom stereocenters. The lowest BCUT2D eigenvalue weighted by atomic mass is 9.44. The van der Waals surface area contributed by atoms with Gasteiger partial charge in [0.05, 0.1) is 95.6 Å². The Bertz CT molecular complexity index is 3340. The third-order valence-corrected chi connectivity index (χ3v) is 22.3. The summed E-state index contributed by atoms with van der Waals surface area (Å²) in [5.74, 6) is -9.68. The first-order valence-electron chi connectivity index (χ1n) is 36.5. The molecule has 0 aromatic heterocycles. The number of nitrogens with zero attached hydrogens (tertiary/aromatic N) is 1. The van der Waals surface area contributed by atoms with Crippen molar-refractivity contribution in [3.05, 3.63) is 53.6 Å². The van der Waals surface area contributed by atoms with Crippen molar-refractivity contribution in [1.82, 2.24) is 20.9 Å². The van der Waals surface area contributed by atoms with Crippen LogP contribution in [0.3, 0.4) is 0 Å². The molecule has 0 bridgehead atoms. The van der Waals surface area contributed by atoms with Gasteiger partial charge in [-0.05, 0) is 105 Å². The molecule has 7 amide bonds. The molecule has 598 valence electrons. The number of anilines is 1. The highest BCUT2D eigenvalue weighted by molar-refractivity contribution is 8.00. The van der Waals surface area contributed by atoms with Crippen LogP contribution >= 0.6 is 11.8 Å². The van der Waals surface area contributed by atoms with E-state index in [1.54, 1.807) is 27.0 Å². The normalized spacial score (nSPS) is 27.7. The van der Waals surface area contributed by atoms with Crippen molar-refractivity contribution in [2.24, 2.45) is 46.2 Å². The van der Waals surface area contributed by atoms with E-state index >= 15 is 8.78 Å². The summed E-state index contributed by atoms with van der Waals surface area (Å²) in [7, 11) is 0. The minimum atomic E-state index is -2.43. The molecule has 0 spiro atoms. The van der Waals surface area contributed by atoms with E-state index in [9.17, 15) is 78.3 Å². The van der Waals surface area contributed by atoms with E-state index in [0.29, 0.717) is 18.4 Å². The second kappa shape index (κ2) is 40.2. The summed E-state index contributed by atoms with van der Waals surface area (Å²) in [4.78, 5) is 147. The number of ketones is 4. The van der Waals surface area contributed by atoms with Crippen LogP contribution < -0.4 is 27.0 Å². The van der Waals surface area contributed by atoms with Gasteiger partial charge in [-0.25, -0.2) is 18.4 Å². The number of ether oxygens (including phenoxy) is 8. The minimum absolute atomic E-state index is 0.0294. The molecule has 4 aliphatic carbocycles. The number of aliphatic hydroxyl groups excluding tert-OH is 6. The number of rotatable bonds is 46. The number of amides is 7. The second-order valence-corrected chi connectivity index (χ2v) is 29.9. The van der Waals surface area contributed by atoms with Crippen LogP contribution in [0.15, 0.2) is 48.1 Å². The predicted octanol–water partition coefficient (Wildman–Crippen LogP) is 2.08. The Morgan fingerprint density at radius 1 is 0.813 bits per heavy atom. The quantitative estimate of drug-likeness (QED) is 0.0253. The first-order chi connectivity index (χ1) is 50.8. The number of hydrogen-bond acceptors (Lipinski definition) is 26. The average Bonchev–Trinajstić information content (AvgIpc) is 1.43. The highest BCUT2D eigenvalue weighted by atomic mass is 32.2. The van der Waals surface area contributed by atoms with E-state index in [1.807, 2.05) is 6.92 Å². The van der Waals surface area contributed by atoms with Crippen molar-refractivity contribution in [1.29, 1.82) is 0 Å². The molecule has 107 heavy (non-hydrogen) atoms. The number of carbonyl (C=O) groups is 11. The van der Waals surface area contributed by atoms with E-state index < -0.39 is 199 Å². The molecule has 7 rings (SSSR count). The van der Waals surface area contributed by atoms with E-state index in [1.165, 1.54) is 60.0 Å². The van der Waals surface area contributed by atoms with Gasteiger partial charge < -0.3 is 95.5 Å². The van der Waals surface area contributed by atoms with Crippen LogP contribution in [-0.4, -0.2) is 264 Å². The number of imide groups is 1.